The zero-order valence-corrected chi connectivity index (χ0v) is 20.4. The Morgan fingerprint density at radius 3 is 2.23 bits per heavy atom. The fourth-order valence-electron chi connectivity index (χ4n) is 5.31. The molecule has 2 amide bonds. The number of aliphatic carboxylic acids is 1. The lowest BCUT2D eigenvalue weighted by atomic mass is 9.87. The highest BCUT2D eigenvalue weighted by Crippen LogP contribution is 2.44. The molecule has 0 saturated heterocycles. The monoisotopic (exact) mass is 478 g/mol. The van der Waals surface area contributed by atoms with Crippen LogP contribution in [0.3, 0.4) is 0 Å². The van der Waals surface area contributed by atoms with E-state index in [1.807, 2.05) is 38.1 Å². The Hall–Kier alpha value is -3.35. The third-order valence-corrected chi connectivity index (χ3v) is 7.48. The molecule has 7 nitrogen and oxygen atoms in total. The number of alkyl carbamates (subject to hydrolysis) is 1. The second-order valence-corrected chi connectivity index (χ2v) is 10.2. The van der Waals surface area contributed by atoms with E-state index in [4.69, 9.17) is 4.74 Å². The van der Waals surface area contributed by atoms with Gasteiger partial charge in [-0.2, -0.15) is 0 Å². The molecule has 0 spiro atoms. The van der Waals surface area contributed by atoms with Crippen molar-refractivity contribution in [2.75, 3.05) is 19.7 Å². The first-order valence-corrected chi connectivity index (χ1v) is 12.4. The summed E-state index contributed by atoms with van der Waals surface area (Å²) in [6.07, 6.45) is 2.31. The van der Waals surface area contributed by atoms with Crippen LogP contribution < -0.4 is 10.6 Å². The normalized spacial score (nSPS) is 19.0. The first kappa shape index (κ1) is 24.8. The fraction of sp³-hybridized carbons (Fsp3) is 0.464. The number of carboxylic acid groups (broad SMARTS) is 1. The SMILES string of the molecule is CC(C)(CCNC(=O)OCC1c2ccccc2-c2ccccc21)C(=O)NC[C@H]1CCC[C@H]1C(=O)O. The molecular formula is C28H34N2O5. The van der Waals surface area contributed by atoms with Gasteiger partial charge in [0.25, 0.3) is 0 Å². The van der Waals surface area contributed by atoms with E-state index in [2.05, 4.69) is 34.9 Å². The van der Waals surface area contributed by atoms with Crippen molar-refractivity contribution in [2.45, 2.75) is 45.4 Å². The van der Waals surface area contributed by atoms with Crippen LogP contribution in [0.5, 0.6) is 0 Å². The highest BCUT2D eigenvalue weighted by atomic mass is 16.5. The number of hydrogen-bond donors (Lipinski definition) is 3. The van der Waals surface area contributed by atoms with Crippen LogP contribution in [0.2, 0.25) is 0 Å². The molecule has 3 N–H and O–H groups in total. The van der Waals surface area contributed by atoms with Crippen molar-refractivity contribution in [2.24, 2.45) is 17.3 Å². The van der Waals surface area contributed by atoms with Gasteiger partial charge in [-0.05, 0) is 47.4 Å². The van der Waals surface area contributed by atoms with Gasteiger partial charge in [0, 0.05) is 24.4 Å². The summed E-state index contributed by atoms with van der Waals surface area (Å²) in [5.74, 6) is -1.32. The Labute approximate surface area is 206 Å². The van der Waals surface area contributed by atoms with Gasteiger partial charge in [-0.1, -0.05) is 68.8 Å². The fourth-order valence-corrected chi connectivity index (χ4v) is 5.31. The lowest BCUT2D eigenvalue weighted by molar-refractivity contribution is -0.143. The minimum atomic E-state index is -0.784. The van der Waals surface area contributed by atoms with E-state index < -0.39 is 17.5 Å². The van der Waals surface area contributed by atoms with Crippen LogP contribution in [0.15, 0.2) is 48.5 Å². The van der Waals surface area contributed by atoms with Crippen LogP contribution in [-0.4, -0.2) is 42.8 Å². The summed E-state index contributed by atoms with van der Waals surface area (Å²) in [4.78, 5) is 36.4. The van der Waals surface area contributed by atoms with Crippen molar-refractivity contribution >= 4 is 18.0 Å². The molecule has 0 aliphatic heterocycles. The maximum atomic E-state index is 12.7. The lowest BCUT2D eigenvalue weighted by Gasteiger charge is -2.25. The summed E-state index contributed by atoms with van der Waals surface area (Å²) >= 11 is 0. The molecule has 2 aromatic rings. The maximum Gasteiger partial charge on any atom is 0.407 e. The summed E-state index contributed by atoms with van der Waals surface area (Å²) in [7, 11) is 0. The topological polar surface area (TPSA) is 105 Å². The number of hydrogen-bond acceptors (Lipinski definition) is 4. The van der Waals surface area contributed by atoms with Crippen LogP contribution in [0.4, 0.5) is 4.79 Å². The summed E-state index contributed by atoms with van der Waals surface area (Å²) in [5.41, 5.74) is 3.97. The van der Waals surface area contributed by atoms with Crippen molar-refractivity contribution in [3.05, 3.63) is 59.7 Å². The van der Waals surface area contributed by atoms with Gasteiger partial charge in [0.15, 0.2) is 0 Å². The van der Waals surface area contributed by atoms with Gasteiger partial charge < -0.3 is 20.5 Å². The summed E-state index contributed by atoms with van der Waals surface area (Å²) in [6, 6.07) is 16.4. The molecule has 0 aromatic heterocycles. The number of benzene rings is 2. The van der Waals surface area contributed by atoms with Gasteiger partial charge in [-0.25, -0.2) is 4.79 Å². The third-order valence-electron chi connectivity index (χ3n) is 7.48. The molecule has 35 heavy (non-hydrogen) atoms. The molecule has 1 saturated carbocycles. The van der Waals surface area contributed by atoms with Gasteiger partial charge in [0.2, 0.25) is 5.91 Å². The molecule has 0 bridgehead atoms. The van der Waals surface area contributed by atoms with Crippen molar-refractivity contribution in [1.29, 1.82) is 0 Å². The minimum Gasteiger partial charge on any atom is -0.481 e. The van der Waals surface area contributed by atoms with Gasteiger partial charge >= 0.3 is 12.1 Å². The largest absolute Gasteiger partial charge is 0.481 e. The molecule has 7 heteroatoms. The summed E-state index contributed by atoms with van der Waals surface area (Å²) in [5, 5.41) is 15.0. The number of fused-ring (bicyclic) bond motifs is 3. The molecule has 186 valence electrons. The van der Waals surface area contributed by atoms with Gasteiger partial charge in [0.1, 0.15) is 6.61 Å². The van der Waals surface area contributed by atoms with E-state index in [0.717, 1.165) is 24.0 Å². The molecule has 2 atom stereocenters. The van der Waals surface area contributed by atoms with E-state index in [9.17, 15) is 19.5 Å². The van der Waals surface area contributed by atoms with Gasteiger partial charge in [-0.3, -0.25) is 9.59 Å². The van der Waals surface area contributed by atoms with Crippen molar-refractivity contribution in [3.8, 4) is 11.1 Å². The molecule has 0 heterocycles. The molecule has 2 aliphatic carbocycles. The molecule has 0 radical (unpaired) electrons. The van der Waals surface area contributed by atoms with E-state index in [0.29, 0.717) is 25.9 Å². The first-order chi connectivity index (χ1) is 16.8. The Morgan fingerprint density at radius 1 is 0.971 bits per heavy atom. The van der Waals surface area contributed by atoms with Crippen LogP contribution in [0.25, 0.3) is 11.1 Å². The number of rotatable bonds is 9. The highest BCUT2D eigenvalue weighted by Gasteiger charge is 2.35. The number of amides is 2. The predicted octanol–water partition coefficient (Wildman–Crippen LogP) is 4.56. The second kappa shape index (κ2) is 10.5. The number of ether oxygens (including phenoxy) is 1. The van der Waals surface area contributed by atoms with Crippen LogP contribution >= 0.6 is 0 Å². The average molecular weight is 479 g/mol. The molecule has 2 aliphatic rings. The Kier molecular flexibility index (Phi) is 7.43. The lowest BCUT2D eigenvalue weighted by Crippen LogP contribution is -2.42. The number of carbonyl (C=O) groups is 3. The number of carboxylic acids is 1. The molecule has 0 unspecified atom stereocenters. The molecule has 2 aromatic carbocycles. The van der Waals surface area contributed by atoms with E-state index in [1.165, 1.54) is 11.1 Å². The standard InChI is InChI=1S/C28H34N2O5/c1-28(2,26(33)30-16-18-8-7-13-19(18)25(31)32)14-15-29-27(34)35-17-24-22-11-5-3-9-20(22)21-10-4-6-12-23(21)24/h3-6,9-12,18-19,24H,7-8,13-17H2,1-2H3,(H,29,34)(H,30,33)(H,31,32)/t18-,19-/m1/s1. The summed E-state index contributed by atoms with van der Waals surface area (Å²) < 4.78 is 5.56. The van der Waals surface area contributed by atoms with Crippen molar-refractivity contribution in [1.82, 2.24) is 10.6 Å². The first-order valence-electron chi connectivity index (χ1n) is 12.4. The van der Waals surface area contributed by atoms with E-state index in [1.54, 1.807) is 0 Å². The zero-order chi connectivity index (χ0) is 25.0. The van der Waals surface area contributed by atoms with E-state index in [-0.39, 0.29) is 30.3 Å². The number of carbonyl (C=O) groups excluding carboxylic acids is 2. The van der Waals surface area contributed by atoms with Crippen molar-refractivity contribution < 1.29 is 24.2 Å². The zero-order valence-electron chi connectivity index (χ0n) is 20.4. The quantitative estimate of drug-likeness (QED) is 0.490. The van der Waals surface area contributed by atoms with Crippen molar-refractivity contribution in [3.63, 3.8) is 0 Å². The van der Waals surface area contributed by atoms with Crippen LogP contribution in [0.1, 0.15) is 56.6 Å². The third kappa shape index (κ3) is 5.50. The van der Waals surface area contributed by atoms with Crippen LogP contribution in [-0.2, 0) is 14.3 Å². The summed E-state index contributed by atoms with van der Waals surface area (Å²) in [6.45, 7) is 4.57. The Morgan fingerprint density at radius 2 is 1.60 bits per heavy atom. The molecule has 1 fully saturated rings. The molecule has 4 rings (SSSR count). The second-order valence-electron chi connectivity index (χ2n) is 10.2. The van der Waals surface area contributed by atoms with Gasteiger partial charge in [0.05, 0.1) is 5.92 Å². The Balaban J connectivity index is 1.23. The smallest absolute Gasteiger partial charge is 0.407 e. The minimum absolute atomic E-state index is 0.000541. The maximum absolute atomic E-state index is 12.7. The average Bonchev–Trinajstić information content (AvgIpc) is 3.44. The van der Waals surface area contributed by atoms with Crippen LogP contribution in [0, 0.1) is 17.3 Å². The van der Waals surface area contributed by atoms with Gasteiger partial charge in [-0.15, -0.1) is 0 Å². The Bertz CT molecular complexity index is 1050. The number of nitrogens with one attached hydrogen (secondary N) is 2. The molecular weight excluding hydrogens is 444 g/mol. The van der Waals surface area contributed by atoms with E-state index >= 15 is 0 Å². The predicted molar refractivity (Wildman–Crippen MR) is 133 cm³/mol. The highest BCUT2D eigenvalue weighted by molar-refractivity contribution is 5.82.